The van der Waals surface area contributed by atoms with Gasteiger partial charge in [-0.3, -0.25) is 0 Å². The quantitative estimate of drug-likeness (QED) is 0.152. The number of hydrogen-bond acceptors (Lipinski definition) is 4. The predicted molar refractivity (Wildman–Crippen MR) is 238 cm³/mol. The molecule has 5 heteroatoms. The first-order chi connectivity index (χ1) is 28.3. The molecule has 1 aromatic heterocycles. The Morgan fingerprint density at radius 3 is 1.44 bits per heavy atom. The van der Waals surface area contributed by atoms with Crippen molar-refractivity contribution in [3.8, 4) is 22.5 Å². The Hall–Kier alpha value is -7.50. The summed E-state index contributed by atoms with van der Waals surface area (Å²) in [5.74, 6) is 0.862. The first-order valence-electron chi connectivity index (χ1n) is 19.5. The molecule has 57 heavy (non-hydrogen) atoms. The number of para-hydroxylation sites is 5. The van der Waals surface area contributed by atoms with E-state index in [9.17, 15) is 0 Å². The number of hydrogen-bond donors (Lipinski definition) is 0. The van der Waals surface area contributed by atoms with Crippen molar-refractivity contribution in [3.63, 3.8) is 0 Å². The molecule has 8 aromatic carbocycles. The zero-order chi connectivity index (χ0) is 37.7. The van der Waals surface area contributed by atoms with Crippen molar-refractivity contribution in [2.75, 3.05) is 14.7 Å². The van der Waals surface area contributed by atoms with E-state index in [-0.39, 0.29) is 6.71 Å². The van der Waals surface area contributed by atoms with E-state index in [0.29, 0.717) is 0 Å². The second kappa shape index (κ2) is 13.7. The van der Waals surface area contributed by atoms with E-state index in [0.717, 1.165) is 79.3 Å². The number of anilines is 9. The number of fused-ring (bicyclic) bond motifs is 4. The van der Waals surface area contributed by atoms with Gasteiger partial charge < -0.3 is 19.1 Å². The lowest BCUT2D eigenvalue weighted by Gasteiger charge is -2.43. The molecule has 0 radical (unpaired) electrons. The van der Waals surface area contributed by atoms with Crippen LogP contribution in [0.5, 0.6) is 0 Å². The van der Waals surface area contributed by atoms with Gasteiger partial charge in [0.05, 0.1) is 22.6 Å². The number of benzene rings is 8. The molecule has 4 nitrogen and oxygen atoms in total. The van der Waals surface area contributed by atoms with Crippen LogP contribution in [-0.4, -0.2) is 6.71 Å². The number of rotatable bonds is 7. The smallest absolute Gasteiger partial charge is 0.297 e. The Morgan fingerprint density at radius 2 is 0.860 bits per heavy atom. The van der Waals surface area contributed by atoms with Crippen LogP contribution < -0.4 is 31.3 Å². The van der Waals surface area contributed by atoms with E-state index in [1.807, 2.05) is 0 Å². The van der Waals surface area contributed by atoms with Crippen LogP contribution in [0, 0.1) is 0 Å². The lowest BCUT2D eigenvalue weighted by molar-refractivity contribution is 0.616. The molecule has 2 aliphatic heterocycles. The highest BCUT2D eigenvalue weighted by atomic mass is 16.3. The molecular weight excluding hydrogens is 693 g/mol. The van der Waals surface area contributed by atoms with Gasteiger partial charge in [-0.1, -0.05) is 152 Å². The second-order valence-corrected chi connectivity index (χ2v) is 14.5. The summed E-state index contributed by atoms with van der Waals surface area (Å²) < 4.78 is 7.42. The summed E-state index contributed by atoms with van der Waals surface area (Å²) in [6.07, 6.45) is 0. The topological polar surface area (TPSA) is 22.9 Å². The van der Waals surface area contributed by atoms with Gasteiger partial charge in [-0.05, 0) is 83.2 Å². The molecule has 11 rings (SSSR count). The van der Waals surface area contributed by atoms with E-state index in [2.05, 4.69) is 233 Å². The number of nitrogens with zero attached hydrogens (tertiary/aromatic N) is 3. The summed E-state index contributed by atoms with van der Waals surface area (Å²) in [5.41, 5.74) is 16.3. The molecule has 0 bridgehead atoms. The average Bonchev–Trinajstić information content (AvgIpc) is 3.68. The molecule has 9 aromatic rings. The van der Waals surface area contributed by atoms with Crippen LogP contribution in [0.1, 0.15) is 0 Å². The second-order valence-electron chi connectivity index (χ2n) is 14.5. The van der Waals surface area contributed by atoms with Gasteiger partial charge in [0, 0.05) is 45.4 Å². The van der Waals surface area contributed by atoms with Crippen LogP contribution in [0.2, 0.25) is 0 Å². The van der Waals surface area contributed by atoms with Crippen molar-refractivity contribution in [3.05, 3.63) is 218 Å². The molecule has 0 aliphatic carbocycles. The molecule has 0 saturated heterocycles. The SMILES string of the molecule is c1ccc(-c2oc3c(c2-c2ccccc2)N(c2ccccc2)c2cc(N(c4ccccc4)c4ccccc4)cc4c2B3c2ccccc2N4c2ccccc2)cc1. The molecule has 0 spiro atoms. The van der Waals surface area contributed by atoms with Crippen LogP contribution in [0.4, 0.5) is 51.2 Å². The molecular formula is C52H36BN3O. The molecule has 0 saturated carbocycles. The summed E-state index contributed by atoms with van der Waals surface area (Å²) in [7, 11) is 0. The lowest BCUT2D eigenvalue weighted by Crippen LogP contribution is -2.61. The van der Waals surface area contributed by atoms with Crippen molar-refractivity contribution in [2.45, 2.75) is 0 Å². The highest BCUT2D eigenvalue weighted by Gasteiger charge is 2.48. The highest BCUT2D eigenvalue weighted by Crippen LogP contribution is 2.52. The first kappa shape index (κ1) is 32.9. The Morgan fingerprint density at radius 1 is 0.404 bits per heavy atom. The van der Waals surface area contributed by atoms with Crippen molar-refractivity contribution in [2.24, 2.45) is 0 Å². The lowest BCUT2D eigenvalue weighted by atomic mass is 9.35. The standard InChI is InChI=1S/C52H36BN3O/c1-7-21-37(22-8-1)48-50-52(57-51(48)38-23-9-2-10-24-38)53-44-33-19-20-34-45(44)55(41-29-15-5-16-30-41)46-35-43(36-47(49(46)53)56(50)42-31-17-6-18-32-42)54(39-25-11-3-12-26-39)40-27-13-4-14-28-40/h1-36H. The summed E-state index contributed by atoms with van der Waals surface area (Å²) in [6, 6.07) is 77.8. The van der Waals surface area contributed by atoms with E-state index in [1.54, 1.807) is 0 Å². The van der Waals surface area contributed by atoms with Gasteiger partial charge in [-0.25, -0.2) is 0 Å². The zero-order valence-electron chi connectivity index (χ0n) is 31.1. The van der Waals surface area contributed by atoms with E-state index < -0.39 is 0 Å². The van der Waals surface area contributed by atoms with Gasteiger partial charge in [-0.2, -0.15) is 0 Å². The summed E-state index contributed by atoms with van der Waals surface area (Å²) >= 11 is 0. The average molecular weight is 730 g/mol. The zero-order valence-corrected chi connectivity index (χ0v) is 31.1. The van der Waals surface area contributed by atoms with Crippen LogP contribution in [-0.2, 0) is 0 Å². The molecule has 0 fully saturated rings. The van der Waals surface area contributed by atoms with E-state index in [1.165, 1.54) is 10.9 Å². The van der Waals surface area contributed by atoms with E-state index >= 15 is 0 Å². The Labute approximate surface area is 333 Å². The third-order valence-corrected chi connectivity index (χ3v) is 11.2. The summed E-state index contributed by atoms with van der Waals surface area (Å²) in [4.78, 5) is 7.27. The Balaban J connectivity index is 1.30. The molecule has 0 unspecified atom stereocenters. The largest absolute Gasteiger partial charge is 0.467 e. The van der Waals surface area contributed by atoms with Crippen LogP contribution >= 0.6 is 0 Å². The maximum Gasteiger partial charge on any atom is 0.297 e. The maximum atomic E-state index is 7.42. The van der Waals surface area contributed by atoms with Gasteiger partial charge >= 0.3 is 0 Å². The fraction of sp³-hybridized carbons (Fsp3) is 0. The van der Waals surface area contributed by atoms with Crippen LogP contribution in [0.25, 0.3) is 22.5 Å². The van der Waals surface area contributed by atoms with E-state index in [4.69, 9.17) is 4.42 Å². The van der Waals surface area contributed by atoms with Gasteiger partial charge in [0.25, 0.3) is 6.71 Å². The van der Waals surface area contributed by atoms with Crippen LogP contribution in [0.3, 0.4) is 0 Å². The van der Waals surface area contributed by atoms with Gasteiger partial charge in [0.1, 0.15) is 5.76 Å². The minimum atomic E-state index is -0.183. The minimum Gasteiger partial charge on any atom is -0.467 e. The molecule has 3 heterocycles. The Kier molecular flexibility index (Phi) is 7.89. The van der Waals surface area contributed by atoms with Crippen molar-refractivity contribution >= 4 is 74.5 Å². The van der Waals surface area contributed by atoms with Crippen molar-refractivity contribution < 1.29 is 4.42 Å². The molecule has 2 aliphatic rings. The molecule has 0 amide bonds. The van der Waals surface area contributed by atoms with Crippen LogP contribution in [0.15, 0.2) is 223 Å². The summed E-state index contributed by atoms with van der Waals surface area (Å²) in [6.45, 7) is -0.183. The minimum absolute atomic E-state index is 0.183. The monoisotopic (exact) mass is 729 g/mol. The third-order valence-electron chi connectivity index (χ3n) is 11.2. The van der Waals surface area contributed by atoms with Gasteiger partial charge in [0.15, 0.2) is 0 Å². The first-order valence-corrected chi connectivity index (χ1v) is 19.5. The fourth-order valence-corrected chi connectivity index (χ4v) is 8.84. The molecule has 0 atom stereocenters. The fourth-order valence-electron chi connectivity index (χ4n) is 8.84. The third kappa shape index (κ3) is 5.39. The predicted octanol–water partition coefficient (Wildman–Crippen LogP) is 12.2. The summed E-state index contributed by atoms with van der Waals surface area (Å²) in [5, 5.41) is 0. The highest BCUT2D eigenvalue weighted by molar-refractivity contribution is 6.99. The number of furan rings is 1. The van der Waals surface area contributed by atoms with Gasteiger partial charge in [-0.15, -0.1) is 0 Å². The van der Waals surface area contributed by atoms with Crippen molar-refractivity contribution in [1.29, 1.82) is 0 Å². The normalized spacial score (nSPS) is 12.5. The molecule has 268 valence electrons. The molecule has 0 N–H and O–H groups in total. The van der Waals surface area contributed by atoms with Crippen molar-refractivity contribution in [1.82, 2.24) is 0 Å². The Bertz CT molecular complexity index is 2810. The van der Waals surface area contributed by atoms with Gasteiger partial charge in [0.2, 0.25) is 0 Å². The maximum absolute atomic E-state index is 7.42.